The average molecular weight is 547 g/mol. The predicted molar refractivity (Wildman–Crippen MR) is 156 cm³/mol. The van der Waals surface area contributed by atoms with Crippen LogP contribution in [-0.4, -0.2) is 28.5 Å². The van der Waals surface area contributed by atoms with Crippen molar-refractivity contribution in [3.63, 3.8) is 0 Å². The van der Waals surface area contributed by atoms with E-state index in [1.54, 1.807) is 42.1 Å². The lowest BCUT2D eigenvalue weighted by Gasteiger charge is -2.13. The number of aryl methyl sites for hydroxylation is 1. The number of carbonyl (C=O) groups excluding carboxylic acids is 2. The van der Waals surface area contributed by atoms with Crippen molar-refractivity contribution < 1.29 is 19.1 Å². The third kappa shape index (κ3) is 5.79. The van der Waals surface area contributed by atoms with Gasteiger partial charge >= 0.3 is 0 Å². The maximum Gasteiger partial charge on any atom is 0.255 e. The summed E-state index contributed by atoms with van der Waals surface area (Å²) in [6.45, 7) is 3.25. The molecule has 10 heteroatoms. The summed E-state index contributed by atoms with van der Waals surface area (Å²) in [5.74, 6) is 1.26. The smallest absolute Gasteiger partial charge is 0.255 e. The summed E-state index contributed by atoms with van der Waals surface area (Å²) < 4.78 is 12.9. The molecule has 0 bridgehead atoms. The summed E-state index contributed by atoms with van der Waals surface area (Å²) in [5, 5.41) is 23.1. The number of ether oxygens (including phenoxy) is 2. The summed E-state index contributed by atoms with van der Waals surface area (Å²) in [7, 11) is 1.59. The van der Waals surface area contributed by atoms with Gasteiger partial charge in [-0.3, -0.25) is 9.59 Å². The summed E-state index contributed by atoms with van der Waals surface area (Å²) in [4.78, 5) is 24.4. The zero-order chi connectivity index (χ0) is 28.9. The number of benzene rings is 3. The Morgan fingerprint density at radius 1 is 0.951 bits per heavy atom. The topological polar surface area (TPSA) is 130 Å². The molecule has 2 heterocycles. The summed E-state index contributed by atoms with van der Waals surface area (Å²) >= 11 is 0. The molecule has 41 heavy (non-hydrogen) atoms. The van der Waals surface area contributed by atoms with E-state index in [2.05, 4.69) is 27.1 Å². The van der Waals surface area contributed by atoms with Crippen molar-refractivity contribution in [3.05, 3.63) is 102 Å². The van der Waals surface area contributed by atoms with E-state index in [0.717, 1.165) is 11.3 Å². The lowest BCUT2D eigenvalue weighted by atomic mass is 10.1. The van der Waals surface area contributed by atoms with Crippen molar-refractivity contribution in [1.82, 2.24) is 9.61 Å². The number of hydrogen-bond acceptors (Lipinski definition) is 7. The fourth-order valence-electron chi connectivity index (χ4n) is 4.34. The molecule has 10 nitrogen and oxygen atoms in total. The van der Waals surface area contributed by atoms with E-state index < -0.39 is 0 Å². The van der Waals surface area contributed by atoms with E-state index in [-0.39, 0.29) is 11.8 Å². The molecule has 0 atom stereocenters. The first-order chi connectivity index (χ1) is 19.9. The molecule has 5 rings (SSSR count). The van der Waals surface area contributed by atoms with Crippen molar-refractivity contribution in [2.75, 3.05) is 23.1 Å². The monoisotopic (exact) mass is 546 g/mol. The van der Waals surface area contributed by atoms with Crippen LogP contribution >= 0.6 is 0 Å². The molecule has 5 aromatic rings. The second kappa shape index (κ2) is 11.5. The number of carbonyl (C=O) groups is 2. The van der Waals surface area contributed by atoms with Crippen molar-refractivity contribution in [2.24, 2.45) is 0 Å². The van der Waals surface area contributed by atoms with Crippen molar-refractivity contribution in [2.45, 2.75) is 13.8 Å². The average Bonchev–Trinajstić information content (AvgIpc) is 3.29. The van der Waals surface area contributed by atoms with Gasteiger partial charge in [0.25, 0.3) is 5.91 Å². The molecular weight excluding hydrogens is 520 g/mol. The van der Waals surface area contributed by atoms with Crippen LogP contribution in [0.4, 0.5) is 22.7 Å². The van der Waals surface area contributed by atoms with Crippen LogP contribution < -0.4 is 25.4 Å². The predicted octanol–water partition coefficient (Wildman–Crippen LogP) is 6.27. The van der Waals surface area contributed by atoms with Crippen LogP contribution in [0.2, 0.25) is 0 Å². The Kier molecular flexibility index (Phi) is 7.52. The highest BCUT2D eigenvalue weighted by Gasteiger charge is 2.18. The quantitative estimate of drug-likeness (QED) is 0.209. The van der Waals surface area contributed by atoms with Gasteiger partial charge in [-0.15, -0.1) is 0 Å². The van der Waals surface area contributed by atoms with Gasteiger partial charge in [-0.05, 0) is 61.5 Å². The van der Waals surface area contributed by atoms with Crippen LogP contribution in [0.15, 0.2) is 85.2 Å². The summed E-state index contributed by atoms with van der Waals surface area (Å²) in [5.41, 5.74) is 4.41. The van der Waals surface area contributed by atoms with Crippen molar-refractivity contribution >= 4 is 40.1 Å². The highest BCUT2D eigenvalue weighted by Crippen LogP contribution is 2.34. The van der Waals surface area contributed by atoms with Gasteiger partial charge in [0.2, 0.25) is 5.91 Å². The van der Waals surface area contributed by atoms with Crippen LogP contribution in [0.3, 0.4) is 0 Å². The molecule has 0 saturated heterocycles. The fourth-order valence-corrected chi connectivity index (χ4v) is 4.34. The van der Waals surface area contributed by atoms with Crippen molar-refractivity contribution in [1.29, 1.82) is 5.26 Å². The summed E-state index contributed by atoms with van der Waals surface area (Å²) in [6, 6.07) is 23.5. The van der Waals surface area contributed by atoms with Gasteiger partial charge in [0.15, 0.2) is 11.5 Å². The number of nitriles is 1. The Balaban J connectivity index is 1.41. The maximum atomic E-state index is 13.0. The SMILES string of the molecule is COc1ccccc1Oc1ccc(Nc2c(C#N)cnn3cc(NC(=O)c4cccc(NC(C)=O)c4)c(C)c23)cc1. The van der Waals surface area contributed by atoms with Crippen LogP contribution in [0.5, 0.6) is 17.2 Å². The second-order valence-electron chi connectivity index (χ2n) is 9.12. The number of nitrogens with one attached hydrogen (secondary N) is 3. The van der Waals surface area contributed by atoms with Crippen molar-refractivity contribution in [3.8, 4) is 23.3 Å². The van der Waals surface area contributed by atoms with Crippen LogP contribution in [0.1, 0.15) is 28.4 Å². The Labute approximate surface area is 236 Å². The number of nitrogens with zero attached hydrogens (tertiary/aromatic N) is 3. The third-order valence-electron chi connectivity index (χ3n) is 6.29. The van der Waals surface area contributed by atoms with Gasteiger partial charge in [0.1, 0.15) is 11.8 Å². The number of hydrogen-bond donors (Lipinski definition) is 3. The first kappa shape index (κ1) is 26.8. The number of methoxy groups -OCH3 is 1. The lowest BCUT2D eigenvalue weighted by Crippen LogP contribution is -2.13. The largest absolute Gasteiger partial charge is 0.493 e. The number of amides is 2. The molecule has 2 amide bonds. The van der Waals surface area contributed by atoms with Gasteiger partial charge < -0.3 is 25.4 Å². The zero-order valence-corrected chi connectivity index (χ0v) is 22.6. The molecule has 0 aliphatic heterocycles. The molecule has 204 valence electrons. The maximum absolute atomic E-state index is 13.0. The van der Waals surface area contributed by atoms with Gasteiger partial charge in [-0.25, -0.2) is 4.52 Å². The van der Waals surface area contributed by atoms with E-state index >= 15 is 0 Å². The molecule has 0 saturated carbocycles. The van der Waals surface area contributed by atoms with E-state index in [1.807, 2.05) is 55.5 Å². The number of para-hydroxylation sites is 2. The molecule has 0 fully saturated rings. The Morgan fingerprint density at radius 2 is 1.71 bits per heavy atom. The van der Waals surface area contributed by atoms with Crippen LogP contribution in [0.25, 0.3) is 5.52 Å². The minimum atomic E-state index is -0.350. The third-order valence-corrected chi connectivity index (χ3v) is 6.29. The molecule has 0 spiro atoms. The van der Waals surface area contributed by atoms with Crippen LogP contribution in [-0.2, 0) is 4.79 Å². The molecule has 3 aromatic carbocycles. The van der Waals surface area contributed by atoms with E-state index in [4.69, 9.17) is 9.47 Å². The molecule has 0 unspecified atom stereocenters. The molecule has 3 N–H and O–H groups in total. The van der Waals surface area contributed by atoms with E-state index in [9.17, 15) is 14.9 Å². The minimum Gasteiger partial charge on any atom is -0.493 e. The molecule has 0 aliphatic carbocycles. The van der Waals surface area contributed by atoms with E-state index in [1.165, 1.54) is 13.1 Å². The highest BCUT2D eigenvalue weighted by atomic mass is 16.5. The van der Waals surface area contributed by atoms with Gasteiger partial charge in [0, 0.05) is 29.4 Å². The lowest BCUT2D eigenvalue weighted by molar-refractivity contribution is -0.114. The fraction of sp³-hybridized carbons (Fsp3) is 0.0968. The van der Waals surface area contributed by atoms with E-state index in [0.29, 0.717) is 51.0 Å². The Bertz CT molecular complexity index is 1800. The minimum absolute atomic E-state index is 0.227. The summed E-state index contributed by atoms with van der Waals surface area (Å²) in [6.07, 6.45) is 3.16. The Hall–Kier alpha value is -5.82. The molecular formula is C31H26N6O4. The zero-order valence-electron chi connectivity index (χ0n) is 22.6. The molecule has 2 aromatic heterocycles. The molecule has 0 radical (unpaired) electrons. The number of aromatic nitrogens is 2. The standard InChI is InChI=1S/C31H26N6O4/c1-19-26(36-31(39)21-7-6-8-24(15-21)34-20(2)38)18-37-30(19)29(22(16-32)17-33-37)35-23-11-13-25(14-12-23)41-28-10-5-4-9-27(28)40-3/h4-15,17-18,35H,1-3H3,(H,34,38)(H,36,39). The first-order valence-corrected chi connectivity index (χ1v) is 12.6. The normalized spacial score (nSPS) is 10.5. The highest BCUT2D eigenvalue weighted by molar-refractivity contribution is 6.06. The second-order valence-corrected chi connectivity index (χ2v) is 9.12. The number of fused-ring (bicyclic) bond motifs is 1. The van der Waals surface area contributed by atoms with Gasteiger partial charge in [-0.2, -0.15) is 10.4 Å². The van der Waals surface area contributed by atoms with Gasteiger partial charge in [0.05, 0.1) is 42.0 Å². The molecule has 0 aliphatic rings. The number of rotatable bonds is 8. The number of anilines is 4. The first-order valence-electron chi connectivity index (χ1n) is 12.6. The van der Waals surface area contributed by atoms with Gasteiger partial charge in [-0.1, -0.05) is 18.2 Å². The Morgan fingerprint density at radius 3 is 2.41 bits per heavy atom. The van der Waals surface area contributed by atoms with Crippen LogP contribution in [0, 0.1) is 18.3 Å².